The van der Waals surface area contributed by atoms with Gasteiger partial charge in [-0.3, -0.25) is 4.98 Å². The average Bonchev–Trinajstić information content (AvgIpc) is 2.48. The van der Waals surface area contributed by atoms with Gasteiger partial charge in [-0.15, -0.1) is 0 Å². The Labute approximate surface area is 124 Å². The van der Waals surface area contributed by atoms with E-state index in [1.54, 1.807) is 30.5 Å². The number of pyridine rings is 1. The Hall–Kier alpha value is -1.37. The molecule has 6 heteroatoms. The molecule has 2 aromatic rings. The lowest BCUT2D eigenvalue weighted by atomic mass is 10.1. The van der Waals surface area contributed by atoms with Crippen molar-refractivity contribution in [3.8, 4) is 11.3 Å². The zero-order chi connectivity index (χ0) is 14.6. The van der Waals surface area contributed by atoms with Crippen molar-refractivity contribution in [3.05, 3.63) is 48.7 Å². The molecule has 0 aliphatic carbocycles. The van der Waals surface area contributed by atoms with Gasteiger partial charge in [0.05, 0.1) is 16.3 Å². The van der Waals surface area contributed by atoms with Crippen molar-refractivity contribution < 1.29 is 8.42 Å². The predicted octanol–water partition coefficient (Wildman–Crippen LogP) is 1.78. The highest BCUT2D eigenvalue weighted by molar-refractivity contribution is 7.91. The van der Waals surface area contributed by atoms with E-state index in [0.717, 1.165) is 11.3 Å². The Bertz CT molecular complexity index is 655. The summed E-state index contributed by atoms with van der Waals surface area (Å²) in [5.41, 5.74) is 7.34. The molecule has 0 saturated heterocycles. The first kappa shape index (κ1) is 15.0. The van der Waals surface area contributed by atoms with Crippen LogP contribution in [0.1, 0.15) is 0 Å². The summed E-state index contributed by atoms with van der Waals surface area (Å²) in [5, 5.41) is 0. The van der Waals surface area contributed by atoms with E-state index >= 15 is 0 Å². The van der Waals surface area contributed by atoms with E-state index in [2.05, 4.69) is 17.6 Å². The molecule has 0 aliphatic heterocycles. The van der Waals surface area contributed by atoms with Crippen LogP contribution in [0.15, 0.2) is 53.6 Å². The molecule has 20 heavy (non-hydrogen) atoms. The molecule has 1 heterocycles. The van der Waals surface area contributed by atoms with Gasteiger partial charge in [0.15, 0.2) is 9.84 Å². The second-order valence-corrected chi connectivity index (χ2v) is 6.86. The average molecular weight is 308 g/mol. The van der Waals surface area contributed by atoms with E-state index in [1.807, 2.05) is 18.2 Å². The van der Waals surface area contributed by atoms with Crippen LogP contribution in [0, 0.1) is 0 Å². The van der Waals surface area contributed by atoms with Crippen molar-refractivity contribution in [3.63, 3.8) is 0 Å². The molecule has 0 fully saturated rings. The molecule has 1 unspecified atom stereocenters. The quantitative estimate of drug-likeness (QED) is 0.826. The summed E-state index contributed by atoms with van der Waals surface area (Å²) >= 11 is 4.01. The molecule has 2 rings (SSSR count). The molecule has 4 nitrogen and oxygen atoms in total. The van der Waals surface area contributed by atoms with Gasteiger partial charge in [0.1, 0.15) is 0 Å². The third-order valence-electron chi connectivity index (χ3n) is 2.84. The van der Waals surface area contributed by atoms with Gasteiger partial charge in [-0.05, 0) is 24.3 Å². The fraction of sp³-hybridized carbons (Fsp3) is 0.214. The molecule has 0 bridgehead atoms. The van der Waals surface area contributed by atoms with Crippen LogP contribution in [0.3, 0.4) is 0 Å². The molecule has 106 valence electrons. The van der Waals surface area contributed by atoms with Crippen LogP contribution in [0.4, 0.5) is 0 Å². The van der Waals surface area contributed by atoms with Crippen LogP contribution in [0.25, 0.3) is 11.3 Å². The lowest BCUT2D eigenvalue weighted by Crippen LogP contribution is -2.31. The molecular weight excluding hydrogens is 292 g/mol. The van der Waals surface area contributed by atoms with Crippen molar-refractivity contribution in [1.29, 1.82) is 0 Å². The standard InChI is InChI=1S/C14H16N2O2S2/c15-12(9-19)10-20(17,18)13-6-4-11(5-7-13)14-3-1-2-8-16-14/h1-8,12,19H,9-10,15H2. The number of hydrogen-bond acceptors (Lipinski definition) is 5. The van der Waals surface area contributed by atoms with E-state index in [4.69, 9.17) is 5.73 Å². The van der Waals surface area contributed by atoms with Gasteiger partial charge >= 0.3 is 0 Å². The molecule has 0 amide bonds. The van der Waals surface area contributed by atoms with Crippen LogP contribution in [0.2, 0.25) is 0 Å². The summed E-state index contributed by atoms with van der Waals surface area (Å²) < 4.78 is 24.2. The topological polar surface area (TPSA) is 73.1 Å². The minimum absolute atomic E-state index is 0.0978. The fourth-order valence-corrected chi connectivity index (χ4v) is 3.53. The van der Waals surface area contributed by atoms with Gasteiger partial charge in [0.25, 0.3) is 0 Å². The van der Waals surface area contributed by atoms with E-state index in [0.29, 0.717) is 5.75 Å². The second-order valence-electron chi connectivity index (χ2n) is 4.46. The third-order valence-corrected chi connectivity index (χ3v) is 5.17. The normalized spacial score (nSPS) is 13.1. The zero-order valence-electron chi connectivity index (χ0n) is 10.8. The molecule has 1 aromatic heterocycles. The fourth-order valence-electron chi connectivity index (χ4n) is 1.80. The molecular formula is C14H16N2O2S2. The molecule has 1 atom stereocenters. The van der Waals surface area contributed by atoms with Crippen molar-refractivity contribution in [1.82, 2.24) is 4.98 Å². The maximum absolute atomic E-state index is 12.1. The number of aromatic nitrogens is 1. The number of sulfone groups is 1. The summed E-state index contributed by atoms with van der Waals surface area (Å²) in [5.74, 6) is 0.241. The third kappa shape index (κ3) is 3.59. The number of nitrogens with zero attached hydrogens (tertiary/aromatic N) is 1. The maximum Gasteiger partial charge on any atom is 0.179 e. The van der Waals surface area contributed by atoms with Crippen molar-refractivity contribution in [2.45, 2.75) is 10.9 Å². The van der Waals surface area contributed by atoms with Crippen LogP contribution in [0.5, 0.6) is 0 Å². The Balaban J connectivity index is 2.25. The van der Waals surface area contributed by atoms with Crippen LogP contribution < -0.4 is 5.73 Å². The van der Waals surface area contributed by atoms with Gasteiger partial charge in [-0.1, -0.05) is 18.2 Å². The first-order valence-electron chi connectivity index (χ1n) is 6.13. The highest BCUT2D eigenvalue weighted by atomic mass is 32.2. The number of hydrogen-bond donors (Lipinski definition) is 2. The molecule has 1 aromatic carbocycles. The van der Waals surface area contributed by atoms with Crippen molar-refractivity contribution >= 4 is 22.5 Å². The highest BCUT2D eigenvalue weighted by Gasteiger charge is 2.18. The van der Waals surface area contributed by atoms with E-state index in [-0.39, 0.29) is 10.6 Å². The Morgan fingerprint density at radius 2 is 1.85 bits per heavy atom. The number of rotatable bonds is 5. The number of nitrogens with two attached hydrogens (primary N) is 1. The van der Waals surface area contributed by atoms with E-state index < -0.39 is 15.9 Å². The lowest BCUT2D eigenvalue weighted by molar-refractivity contribution is 0.590. The van der Waals surface area contributed by atoms with Gasteiger partial charge in [0, 0.05) is 23.6 Å². The van der Waals surface area contributed by atoms with Crippen molar-refractivity contribution in [2.24, 2.45) is 5.73 Å². The smallest absolute Gasteiger partial charge is 0.179 e. The first-order chi connectivity index (χ1) is 9.53. The summed E-state index contributed by atoms with van der Waals surface area (Å²) in [7, 11) is -3.36. The Kier molecular flexibility index (Phi) is 4.80. The van der Waals surface area contributed by atoms with Crippen LogP contribution in [-0.2, 0) is 9.84 Å². The van der Waals surface area contributed by atoms with Gasteiger partial charge < -0.3 is 5.73 Å². The molecule has 0 aliphatic rings. The van der Waals surface area contributed by atoms with Crippen molar-refractivity contribution in [2.75, 3.05) is 11.5 Å². The Morgan fingerprint density at radius 1 is 1.15 bits per heavy atom. The van der Waals surface area contributed by atoms with Crippen LogP contribution in [-0.4, -0.2) is 30.9 Å². The van der Waals surface area contributed by atoms with Crippen LogP contribution >= 0.6 is 12.6 Å². The molecule has 0 radical (unpaired) electrons. The molecule has 0 saturated carbocycles. The largest absolute Gasteiger partial charge is 0.326 e. The Morgan fingerprint density at radius 3 is 2.40 bits per heavy atom. The van der Waals surface area contributed by atoms with Gasteiger partial charge in [-0.2, -0.15) is 12.6 Å². The summed E-state index contributed by atoms with van der Waals surface area (Å²) in [6.45, 7) is 0. The van der Waals surface area contributed by atoms with Gasteiger partial charge in [0.2, 0.25) is 0 Å². The summed E-state index contributed by atoms with van der Waals surface area (Å²) in [6.07, 6.45) is 1.70. The number of benzene rings is 1. The molecule has 0 spiro atoms. The number of thiol groups is 1. The minimum Gasteiger partial charge on any atom is -0.326 e. The monoisotopic (exact) mass is 308 g/mol. The van der Waals surface area contributed by atoms with E-state index in [1.165, 1.54) is 0 Å². The van der Waals surface area contributed by atoms with Gasteiger partial charge in [-0.25, -0.2) is 8.42 Å². The summed E-state index contributed by atoms with van der Waals surface area (Å²) in [6, 6.07) is 11.8. The predicted molar refractivity (Wildman–Crippen MR) is 83.6 cm³/mol. The maximum atomic E-state index is 12.1. The summed E-state index contributed by atoms with van der Waals surface area (Å²) in [4.78, 5) is 4.50. The SMILES string of the molecule is NC(CS)CS(=O)(=O)c1ccc(-c2ccccn2)cc1. The molecule has 2 N–H and O–H groups in total. The first-order valence-corrected chi connectivity index (χ1v) is 8.42. The zero-order valence-corrected chi connectivity index (χ0v) is 12.5. The van der Waals surface area contributed by atoms with E-state index in [9.17, 15) is 8.42 Å². The lowest BCUT2D eigenvalue weighted by Gasteiger charge is -2.10. The highest BCUT2D eigenvalue weighted by Crippen LogP contribution is 2.20. The second kappa shape index (κ2) is 6.39. The minimum atomic E-state index is -3.36.